The highest BCUT2D eigenvalue weighted by molar-refractivity contribution is 7.09. The summed E-state index contributed by atoms with van der Waals surface area (Å²) < 4.78 is 0. The Morgan fingerprint density at radius 1 is 1.18 bits per heavy atom. The minimum absolute atomic E-state index is 0.945. The summed E-state index contributed by atoms with van der Waals surface area (Å²) >= 11 is 1.84. The summed E-state index contributed by atoms with van der Waals surface area (Å²) in [4.78, 5) is 3.94. The number of thiophene rings is 1. The van der Waals surface area contributed by atoms with Crippen LogP contribution in [0, 0.1) is 0 Å². The number of nitrogen functional groups attached to an aromatic ring is 1. The highest BCUT2D eigenvalue weighted by Crippen LogP contribution is 2.27. The summed E-state index contributed by atoms with van der Waals surface area (Å²) in [7, 11) is 0. The van der Waals surface area contributed by atoms with Crippen molar-refractivity contribution in [3.05, 3.63) is 51.7 Å². The Bertz CT molecular complexity index is 505. The number of rotatable bonds is 3. The van der Waals surface area contributed by atoms with Gasteiger partial charge in [0.15, 0.2) is 0 Å². The molecule has 2 heterocycles. The molecule has 0 amide bonds. The Morgan fingerprint density at radius 3 is 2.88 bits per heavy atom. The SMILES string of the molecule is Nc1cccc2c1CN(CCc1cccs1)C2. The van der Waals surface area contributed by atoms with E-state index in [4.69, 9.17) is 5.73 Å². The molecular weight excluding hydrogens is 228 g/mol. The van der Waals surface area contributed by atoms with Crippen LogP contribution in [0.1, 0.15) is 16.0 Å². The molecule has 0 fully saturated rings. The summed E-state index contributed by atoms with van der Waals surface area (Å²) in [5, 5.41) is 2.14. The van der Waals surface area contributed by atoms with E-state index in [1.54, 1.807) is 0 Å². The normalized spacial score (nSPS) is 15.1. The third-order valence-electron chi connectivity index (χ3n) is 3.34. The van der Waals surface area contributed by atoms with E-state index in [-0.39, 0.29) is 0 Å². The number of nitrogens with two attached hydrogens (primary N) is 1. The van der Waals surface area contributed by atoms with Crippen LogP contribution in [0.5, 0.6) is 0 Å². The maximum absolute atomic E-state index is 6.00. The first-order valence-electron chi connectivity index (χ1n) is 5.94. The molecule has 3 heteroatoms. The Hall–Kier alpha value is -1.32. The predicted molar refractivity (Wildman–Crippen MR) is 73.0 cm³/mol. The van der Waals surface area contributed by atoms with E-state index in [0.29, 0.717) is 0 Å². The van der Waals surface area contributed by atoms with Gasteiger partial charge in [-0.15, -0.1) is 11.3 Å². The minimum atomic E-state index is 0.945. The standard InChI is InChI=1S/C14H16N2S/c15-14-5-1-3-11-9-16(10-13(11)14)7-6-12-4-2-8-17-12/h1-5,8H,6-7,9-10,15H2. The molecule has 1 aliphatic heterocycles. The first kappa shape index (κ1) is 10.8. The van der Waals surface area contributed by atoms with E-state index in [2.05, 4.69) is 34.5 Å². The maximum atomic E-state index is 6.00. The van der Waals surface area contributed by atoms with E-state index in [1.165, 1.54) is 16.0 Å². The lowest BCUT2D eigenvalue weighted by molar-refractivity contribution is 0.289. The lowest BCUT2D eigenvalue weighted by Crippen LogP contribution is -2.19. The highest BCUT2D eigenvalue weighted by atomic mass is 32.1. The molecule has 0 unspecified atom stereocenters. The number of benzene rings is 1. The molecule has 88 valence electrons. The average molecular weight is 244 g/mol. The molecule has 0 aliphatic carbocycles. The number of fused-ring (bicyclic) bond motifs is 1. The first-order valence-corrected chi connectivity index (χ1v) is 6.82. The second-order valence-electron chi connectivity index (χ2n) is 4.52. The number of anilines is 1. The van der Waals surface area contributed by atoms with Gasteiger partial charge < -0.3 is 5.73 Å². The van der Waals surface area contributed by atoms with Gasteiger partial charge in [0.2, 0.25) is 0 Å². The van der Waals surface area contributed by atoms with Gasteiger partial charge in [-0.3, -0.25) is 4.90 Å². The van der Waals surface area contributed by atoms with Crippen LogP contribution in [-0.4, -0.2) is 11.4 Å². The maximum Gasteiger partial charge on any atom is 0.0363 e. The van der Waals surface area contributed by atoms with Crippen molar-refractivity contribution >= 4 is 17.0 Å². The molecule has 0 bridgehead atoms. The quantitative estimate of drug-likeness (QED) is 0.841. The van der Waals surface area contributed by atoms with Gasteiger partial charge in [0.1, 0.15) is 0 Å². The summed E-state index contributed by atoms with van der Waals surface area (Å²) in [6.45, 7) is 3.17. The van der Waals surface area contributed by atoms with Crippen LogP contribution in [0.2, 0.25) is 0 Å². The van der Waals surface area contributed by atoms with Crippen LogP contribution in [0.3, 0.4) is 0 Å². The average Bonchev–Trinajstić information content (AvgIpc) is 2.95. The van der Waals surface area contributed by atoms with Crippen molar-refractivity contribution < 1.29 is 0 Å². The molecule has 0 saturated carbocycles. The van der Waals surface area contributed by atoms with Crippen molar-refractivity contribution in [2.24, 2.45) is 0 Å². The van der Waals surface area contributed by atoms with Crippen molar-refractivity contribution in [3.8, 4) is 0 Å². The molecule has 17 heavy (non-hydrogen) atoms. The molecule has 2 nitrogen and oxygen atoms in total. The molecule has 2 aromatic rings. The molecule has 3 rings (SSSR count). The van der Waals surface area contributed by atoms with E-state index < -0.39 is 0 Å². The zero-order valence-electron chi connectivity index (χ0n) is 9.73. The summed E-state index contributed by atoms with van der Waals surface area (Å²) in [6, 6.07) is 10.6. The molecule has 0 spiro atoms. The van der Waals surface area contributed by atoms with Gasteiger partial charge >= 0.3 is 0 Å². The minimum Gasteiger partial charge on any atom is -0.398 e. The van der Waals surface area contributed by atoms with E-state index >= 15 is 0 Å². The van der Waals surface area contributed by atoms with Gasteiger partial charge in [-0.05, 0) is 35.1 Å². The largest absolute Gasteiger partial charge is 0.398 e. The summed E-state index contributed by atoms with van der Waals surface area (Å²) in [6.07, 6.45) is 1.14. The highest BCUT2D eigenvalue weighted by Gasteiger charge is 2.20. The van der Waals surface area contributed by atoms with Crippen molar-refractivity contribution in [1.82, 2.24) is 4.90 Å². The fraction of sp³-hybridized carbons (Fsp3) is 0.286. The zero-order valence-corrected chi connectivity index (χ0v) is 10.5. The number of hydrogen-bond acceptors (Lipinski definition) is 3. The monoisotopic (exact) mass is 244 g/mol. The van der Waals surface area contributed by atoms with Gasteiger partial charge in [0.25, 0.3) is 0 Å². The van der Waals surface area contributed by atoms with Crippen LogP contribution in [0.15, 0.2) is 35.7 Å². The lowest BCUT2D eigenvalue weighted by atomic mass is 10.1. The van der Waals surface area contributed by atoms with Gasteiger partial charge in [0.05, 0.1) is 0 Å². The molecular formula is C14H16N2S. The third kappa shape index (κ3) is 2.21. The topological polar surface area (TPSA) is 29.3 Å². The lowest BCUT2D eigenvalue weighted by Gasteiger charge is -2.13. The Balaban J connectivity index is 1.64. The van der Waals surface area contributed by atoms with Gasteiger partial charge in [-0.25, -0.2) is 0 Å². The summed E-state index contributed by atoms with van der Waals surface area (Å²) in [5.74, 6) is 0. The van der Waals surface area contributed by atoms with Gasteiger partial charge in [0, 0.05) is 30.2 Å². The van der Waals surface area contributed by atoms with Crippen molar-refractivity contribution in [3.63, 3.8) is 0 Å². The number of hydrogen-bond donors (Lipinski definition) is 1. The molecule has 0 radical (unpaired) electrons. The molecule has 0 saturated heterocycles. The molecule has 1 aromatic carbocycles. The fourth-order valence-electron chi connectivity index (χ4n) is 2.40. The van der Waals surface area contributed by atoms with Crippen LogP contribution in [0.4, 0.5) is 5.69 Å². The zero-order chi connectivity index (χ0) is 11.7. The van der Waals surface area contributed by atoms with Crippen LogP contribution in [-0.2, 0) is 19.5 Å². The van der Waals surface area contributed by atoms with Crippen molar-refractivity contribution in [1.29, 1.82) is 0 Å². The molecule has 1 aromatic heterocycles. The van der Waals surface area contributed by atoms with Crippen LogP contribution in [0.25, 0.3) is 0 Å². The van der Waals surface area contributed by atoms with Crippen LogP contribution >= 0.6 is 11.3 Å². The first-order chi connectivity index (χ1) is 8.33. The Morgan fingerprint density at radius 2 is 2.12 bits per heavy atom. The predicted octanol–water partition coefficient (Wildman–Crippen LogP) is 2.89. The molecule has 2 N–H and O–H groups in total. The second-order valence-corrected chi connectivity index (χ2v) is 5.56. The van der Waals surface area contributed by atoms with Gasteiger partial charge in [-0.1, -0.05) is 18.2 Å². The summed E-state index contributed by atoms with van der Waals surface area (Å²) in [5.41, 5.74) is 9.68. The smallest absolute Gasteiger partial charge is 0.0363 e. The Kier molecular flexibility index (Phi) is 2.87. The Labute approximate surface area is 106 Å². The van der Waals surface area contributed by atoms with Crippen LogP contribution < -0.4 is 5.73 Å². The van der Waals surface area contributed by atoms with E-state index in [9.17, 15) is 0 Å². The van der Waals surface area contributed by atoms with E-state index in [1.807, 2.05) is 17.4 Å². The molecule has 0 atom stereocenters. The second kappa shape index (κ2) is 4.51. The number of nitrogens with zero attached hydrogens (tertiary/aromatic N) is 1. The fourth-order valence-corrected chi connectivity index (χ4v) is 3.10. The molecule has 1 aliphatic rings. The van der Waals surface area contributed by atoms with Gasteiger partial charge in [-0.2, -0.15) is 0 Å². The van der Waals surface area contributed by atoms with E-state index in [0.717, 1.165) is 31.7 Å². The third-order valence-corrected chi connectivity index (χ3v) is 4.28. The van der Waals surface area contributed by atoms with Crippen molar-refractivity contribution in [2.75, 3.05) is 12.3 Å². The van der Waals surface area contributed by atoms with Crippen molar-refractivity contribution in [2.45, 2.75) is 19.5 Å².